The molecule has 0 aliphatic carbocycles. The van der Waals surface area contributed by atoms with Crippen LogP contribution in [-0.2, 0) is 6.42 Å². The molecular weight excluding hydrogens is 178 g/mol. The van der Waals surface area contributed by atoms with Gasteiger partial charge in [0.2, 0.25) is 0 Å². The van der Waals surface area contributed by atoms with Gasteiger partial charge in [-0.3, -0.25) is 0 Å². The molecule has 0 spiro atoms. The third-order valence-corrected chi connectivity index (χ3v) is 2.74. The van der Waals surface area contributed by atoms with Gasteiger partial charge in [0, 0.05) is 10.1 Å². The lowest BCUT2D eigenvalue weighted by Crippen LogP contribution is -2.02. The van der Waals surface area contributed by atoms with Crippen LogP contribution in [0.15, 0.2) is 29.2 Å². The Bertz CT molecular complexity index is 241. The molecule has 0 saturated heterocycles. The maximum atomic E-state index is 5.47. The predicted octanol–water partition coefficient (Wildman–Crippen LogP) is 2.69. The lowest BCUT2D eigenvalue weighted by atomic mass is 10.2. The van der Waals surface area contributed by atoms with Crippen molar-refractivity contribution in [2.75, 3.05) is 6.54 Å². The Labute approximate surface area is 84.7 Å². The largest absolute Gasteiger partial charge is 0.330 e. The SMILES string of the molecule is CC(C)Sc1ccc(CCN)cc1. The molecule has 0 unspecified atom stereocenters. The Hall–Kier alpha value is -0.470. The van der Waals surface area contributed by atoms with E-state index in [0.717, 1.165) is 13.0 Å². The average molecular weight is 195 g/mol. The lowest BCUT2D eigenvalue weighted by molar-refractivity contribution is 0.966. The number of hydrogen-bond donors (Lipinski definition) is 1. The quantitative estimate of drug-likeness (QED) is 0.748. The van der Waals surface area contributed by atoms with Crippen molar-refractivity contribution in [1.29, 1.82) is 0 Å². The fraction of sp³-hybridized carbons (Fsp3) is 0.455. The summed E-state index contributed by atoms with van der Waals surface area (Å²) in [4.78, 5) is 1.34. The van der Waals surface area contributed by atoms with E-state index in [4.69, 9.17) is 5.73 Å². The van der Waals surface area contributed by atoms with Gasteiger partial charge >= 0.3 is 0 Å². The molecule has 0 radical (unpaired) electrons. The third-order valence-electron chi connectivity index (χ3n) is 1.73. The van der Waals surface area contributed by atoms with Crippen molar-refractivity contribution < 1.29 is 0 Å². The number of hydrogen-bond acceptors (Lipinski definition) is 2. The topological polar surface area (TPSA) is 26.0 Å². The molecule has 1 aromatic carbocycles. The fourth-order valence-corrected chi connectivity index (χ4v) is 2.01. The Morgan fingerprint density at radius 2 is 1.85 bits per heavy atom. The van der Waals surface area contributed by atoms with E-state index < -0.39 is 0 Å². The Balaban J connectivity index is 2.59. The van der Waals surface area contributed by atoms with Gasteiger partial charge in [-0.15, -0.1) is 11.8 Å². The zero-order valence-electron chi connectivity index (χ0n) is 8.29. The van der Waals surface area contributed by atoms with Crippen molar-refractivity contribution in [3.63, 3.8) is 0 Å². The van der Waals surface area contributed by atoms with Crippen molar-refractivity contribution in [3.8, 4) is 0 Å². The minimum Gasteiger partial charge on any atom is -0.330 e. The molecule has 0 amide bonds. The summed E-state index contributed by atoms with van der Waals surface area (Å²) in [5.41, 5.74) is 6.80. The molecule has 0 heterocycles. The van der Waals surface area contributed by atoms with Crippen molar-refractivity contribution in [1.82, 2.24) is 0 Å². The van der Waals surface area contributed by atoms with Crippen LogP contribution in [0.25, 0.3) is 0 Å². The summed E-state index contributed by atoms with van der Waals surface area (Å²) in [6, 6.07) is 8.68. The molecule has 2 N–H and O–H groups in total. The second-order valence-electron chi connectivity index (χ2n) is 3.35. The molecule has 0 fully saturated rings. The van der Waals surface area contributed by atoms with Crippen LogP contribution in [0.4, 0.5) is 0 Å². The normalized spacial score (nSPS) is 10.8. The second-order valence-corrected chi connectivity index (χ2v) is 5.00. The third kappa shape index (κ3) is 3.83. The molecule has 0 atom stereocenters. The zero-order chi connectivity index (χ0) is 9.68. The standard InChI is InChI=1S/C11H17NS/c1-9(2)13-11-5-3-10(4-6-11)7-8-12/h3-6,9H,7-8,12H2,1-2H3. The average Bonchev–Trinajstić information content (AvgIpc) is 2.08. The van der Waals surface area contributed by atoms with E-state index in [0.29, 0.717) is 5.25 Å². The molecule has 0 aliphatic rings. The summed E-state index contributed by atoms with van der Waals surface area (Å²) in [6.45, 7) is 5.15. The van der Waals surface area contributed by atoms with Gasteiger partial charge in [0.1, 0.15) is 0 Å². The minimum absolute atomic E-state index is 0.653. The molecular formula is C11H17NS. The molecule has 1 rings (SSSR count). The van der Waals surface area contributed by atoms with Gasteiger partial charge in [-0.25, -0.2) is 0 Å². The van der Waals surface area contributed by atoms with Crippen LogP contribution in [0, 0.1) is 0 Å². The fourth-order valence-electron chi connectivity index (χ4n) is 1.17. The van der Waals surface area contributed by atoms with Crippen molar-refractivity contribution >= 4 is 11.8 Å². The highest BCUT2D eigenvalue weighted by atomic mass is 32.2. The molecule has 0 aliphatic heterocycles. The van der Waals surface area contributed by atoms with Gasteiger partial charge in [-0.05, 0) is 30.7 Å². The Kier molecular flexibility index (Phi) is 4.33. The van der Waals surface area contributed by atoms with E-state index in [9.17, 15) is 0 Å². The highest BCUT2D eigenvalue weighted by molar-refractivity contribution is 7.99. The highest BCUT2D eigenvalue weighted by Crippen LogP contribution is 2.22. The lowest BCUT2D eigenvalue weighted by Gasteiger charge is -2.05. The van der Waals surface area contributed by atoms with Gasteiger partial charge < -0.3 is 5.73 Å². The molecule has 1 nitrogen and oxygen atoms in total. The predicted molar refractivity (Wildman–Crippen MR) is 60.2 cm³/mol. The van der Waals surface area contributed by atoms with Gasteiger partial charge in [-0.2, -0.15) is 0 Å². The van der Waals surface area contributed by atoms with Crippen molar-refractivity contribution in [2.24, 2.45) is 5.73 Å². The summed E-state index contributed by atoms with van der Waals surface area (Å²) in [6.07, 6.45) is 0.979. The molecule has 0 bridgehead atoms. The van der Waals surface area contributed by atoms with E-state index in [1.807, 2.05) is 11.8 Å². The van der Waals surface area contributed by atoms with Gasteiger partial charge in [0.05, 0.1) is 0 Å². The number of nitrogens with two attached hydrogens (primary N) is 1. The van der Waals surface area contributed by atoms with Gasteiger partial charge in [-0.1, -0.05) is 26.0 Å². The van der Waals surface area contributed by atoms with Crippen LogP contribution in [0.2, 0.25) is 0 Å². The monoisotopic (exact) mass is 195 g/mol. The highest BCUT2D eigenvalue weighted by Gasteiger charge is 1.97. The van der Waals surface area contributed by atoms with Crippen LogP contribution in [0.5, 0.6) is 0 Å². The summed E-state index contributed by atoms with van der Waals surface area (Å²) in [5.74, 6) is 0. The van der Waals surface area contributed by atoms with E-state index in [2.05, 4.69) is 38.1 Å². The van der Waals surface area contributed by atoms with Gasteiger partial charge in [0.15, 0.2) is 0 Å². The Morgan fingerprint density at radius 1 is 1.23 bits per heavy atom. The van der Waals surface area contributed by atoms with E-state index in [1.54, 1.807) is 0 Å². The van der Waals surface area contributed by atoms with Crippen LogP contribution in [-0.4, -0.2) is 11.8 Å². The molecule has 72 valence electrons. The number of rotatable bonds is 4. The second kappa shape index (κ2) is 5.30. The first-order valence-corrected chi connectivity index (χ1v) is 5.56. The van der Waals surface area contributed by atoms with Gasteiger partial charge in [0.25, 0.3) is 0 Å². The van der Waals surface area contributed by atoms with Crippen LogP contribution < -0.4 is 5.73 Å². The molecule has 0 saturated carbocycles. The first kappa shape index (κ1) is 10.6. The van der Waals surface area contributed by atoms with Crippen molar-refractivity contribution in [2.45, 2.75) is 30.4 Å². The zero-order valence-corrected chi connectivity index (χ0v) is 9.10. The van der Waals surface area contributed by atoms with E-state index in [-0.39, 0.29) is 0 Å². The maximum Gasteiger partial charge on any atom is 0.00747 e. The van der Waals surface area contributed by atoms with Crippen molar-refractivity contribution in [3.05, 3.63) is 29.8 Å². The van der Waals surface area contributed by atoms with Crippen LogP contribution in [0.3, 0.4) is 0 Å². The summed E-state index contributed by atoms with van der Waals surface area (Å²) in [7, 11) is 0. The molecule has 0 aromatic heterocycles. The Morgan fingerprint density at radius 3 is 2.31 bits per heavy atom. The molecule has 2 heteroatoms. The summed E-state index contributed by atoms with van der Waals surface area (Å²) >= 11 is 1.89. The van der Waals surface area contributed by atoms with E-state index in [1.165, 1.54) is 10.5 Å². The number of benzene rings is 1. The first-order valence-electron chi connectivity index (χ1n) is 4.68. The molecule has 1 aromatic rings. The number of thioether (sulfide) groups is 1. The summed E-state index contributed by atoms with van der Waals surface area (Å²) in [5, 5.41) is 0.653. The minimum atomic E-state index is 0.653. The molecule has 13 heavy (non-hydrogen) atoms. The maximum absolute atomic E-state index is 5.47. The smallest absolute Gasteiger partial charge is 0.00747 e. The van der Waals surface area contributed by atoms with E-state index >= 15 is 0 Å². The first-order chi connectivity index (χ1) is 6.22. The summed E-state index contributed by atoms with van der Waals surface area (Å²) < 4.78 is 0. The van der Waals surface area contributed by atoms with Crippen LogP contribution >= 0.6 is 11.8 Å². The van der Waals surface area contributed by atoms with Crippen LogP contribution in [0.1, 0.15) is 19.4 Å².